The van der Waals surface area contributed by atoms with Gasteiger partial charge in [-0.1, -0.05) is 29.8 Å². The predicted octanol–water partition coefficient (Wildman–Crippen LogP) is 1.77. The van der Waals surface area contributed by atoms with E-state index < -0.39 is 23.4 Å². The molecule has 7 heteroatoms. The van der Waals surface area contributed by atoms with Crippen molar-refractivity contribution in [3.63, 3.8) is 0 Å². The molecule has 0 spiro atoms. The van der Waals surface area contributed by atoms with Crippen molar-refractivity contribution in [2.75, 3.05) is 13.2 Å². The minimum absolute atomic E-state index is 0.138. The molecule has 0 saturated carbocycles. The second-order valence-electron chi connectivity index (χ2n) is 5.99. The molecule has 1 aromatic carbocycles. The summed E-state index contributed by atoms with van der Waals surface area (Å²) in [4.78, 5) is 26.3. The lowest BCUT2D eigenvalue weighted by atomic mass is 9.78. The molecule has 0 bridgehead atoms. The minimum atomic E-state index is -1.22. The zero-order valence-corrected chi connectivity index (χ0v) is 14.1. The third-order valence-electron chi connectivity index (χ3n) is 4.94. The Kier molecular flexibility index (Phi) is 4.05. The zero-order valence-electron chi connectivity index (χ0n) is 13.3. The molecule has 24 heavy (non-hydrogen) atoms. The molecule has 1 saturated heterocycles. The topological polar surface area (TPSA) is 86.8 Å². The Balaban J connectivity index is 2.14. The van der Waals surface area contributed by atoms with Crippen LogP contribution < -0.4 is 0 Å². The highest BCUT2D eigenvalue weighted by atomic mass is 35.5. The summed E-state index contributed by atoms with van der Waals surface area (Å²) in [5.41, 5.74) is 0.237. The van der Waals surface area contributed by atoms with Gasteiger partial charge in [-0.2, -0.15) is 0 Å². The Morgan fingerprint density at radius 2 is 2.04 bits per heavy atom. The highest BCUT2D eigenvalue weighted by molar-refractivity contribution is 6.31. The molecule has 1 aromatic rings. The predicted molar refractivity (Wildman–Crippen MR) is 86.6 cm³/mol. The monoisotopic (exact) mass is 351 g/mol. The smallest absolute Gasteiger partial charge is 0.336 e. The van der Waals surface area contributed by atoms with Crippen molar-refractivity contribution in [1.82, 2.24) is 4.90 Å². The van der Waals surface area contributed by atoms with Gasteiger partial charge >= 0.3 is 11.9 Å². The number of carbonyl (C=O) groups excluding carboxylic acids is 1. The fraction of sp³-hybridized carbons (Fsp3) is 0.412. The van der Waals surface area contributed by atoms with Crippen LogP contribution in [0.15, 0.2) is 35.5 Å². The second-order valence-corrected chi connectivity index (χ2v) is 6.40. The maximum Gasteiger partial charge on any atom is 0.336 e. The summed E-state index contributed by atoms with van der Waals surface area (Å²) in [6.45, 7) is 3.10. The van der Waals surface area contributed by atoms with Gasteiger partial charge in [0.05, 0.1) is 24.1 Å². The number of carboxylic acid groups (broad SMARTS) is 1. The average Bonchev–Trinajstić information content (AvgIpc) is 3.05. The lowest BCUT2D eigenvalue weighted by Gasteiger charge is -2.23. The SMILES string of the molecule is CC1=C(C(=O)OCCO)C(c2ccccc2Cl)C2(C(=O)O)C(C)N12. The number of aliphatic carboxylic acids is 1. The molecule has 3 unspecified atom stereocenters. The normalized spacial score (nSPS) is 27.9. The lowest BCUT2D eigenvalue weighted by molar-refractivity contribution is -0.142. The van der Waals surface area contributed by atoms with Gasteiger partial charge < -0.3 is 19.8 Å². The van der Waals surface area contributed by atoms with Crippen LogP contribution in [0.2, 0.25) is 5.02 Å². The number of halogens is 1. The molecule has 0 amide bonds. The van der Waals surface area contributed by atoms with Crippen molar-refractivity contribution in [2.24, 2.45) is 0 Å². The van der Waals surface area contributed by atoms with Crippen LogP contribution in [-0.2, 0) is 14.3 Å². The van der Waals surface area contributed by atoms with Gasteiger partial charge in [-0.3, -0.25) is 0 Å². The molecule has 0 aliphatic carbocycles. The third-order valence-corrected chi connectivity index (χ3v) is 5.28. The first-order valence-electron chi connectivity index (χ1n) is 7.64. The number of hydrogen-bond donors (Lipinski definition) is 2. The largest absolute Gasteiger partial charge is 0.479 e. The van der Waals surface area contributed by atoms with Crippen LogP contribution in [0.1, 0.15) is 25.3 Å². The standard InChI is InChI=1S/C17H18ClNO5/c1-9-13(15(21)24-8-7-20)14(11-5-3-4-6-12(11)18)17(16(22)23)10(2)19(9)17/h3-6,10,14,20H,7-8H2,1-2H3,(H,22,23). The first kappa shape index (κ1) is 16.8. The molecular weight excluding hydrogens is 334 g/mol. The maximum absolute atomic E-state index is 12.5. The minimum Gasteiger partial charge on any atom is -0.479 e. The van der Waals surface area contributed by atoms with Crippen LogP contribution in [0.5, 0.6) is 0 Å². The number of aliphatic hydroxyl groups excluding tert-OH is 1. The van der Waals surface area contributed by atoms with Crippen molar-refractivity contribution >= 4 is 23.5 Å². The molecule has 6 nitrogen and oxygen atoms in total. The number of fused-ring (bicyclic) bond motifs is 1. The summed E-state index contributed by atoms with van der Waals surface area (Å²) in [6, 6.07) is 6.68. The van der Waals surface area contributed by atoms with Gasteiger partial charge in [0, 0.05) is 10.7 Å². The molecule has 3 rings (SSSR count). The number of rotatable bonds is 5. The van der Waals surface area contributed by atoms with E-state index in [1.807, 2.05) is 6.92 Å². The first-order valence-corrected chi connectivity index (χ1v) is 8.02. The van der Waals surface area contributed by atoms with Crippen molar-refractivity contribution in [3.05, 3.63) is 46.1 Å². The number of nitrogens with zero attached hydrogens (tertiary/aromatic N) is 1. The van der Waals surface area contributed by atoms with Gasteiger partial charge in [0.25, 0.3) is 0 Å². The Morgan fingerprint density at radius 1 is 1.38 bits per heavy atom. The Labute approximate surface area is 144 Å². The summed E-state index contributed by atoms with van der Waals surface area (Å²) < 4.78 is 5.06. The highest BCUT2D eigenvalue weighted by Gasteiger charge is 2.76. The summed E-state index contributed by atoms with van der Waals surface area (Å²) in [5.74, 6) is -2.33. The Morgan fingerprint density at radius 3 is 2.62 bits per heavy atom. The summed E-state index contributed by atoms with van der Waals surface area (Å²) in [5, 5.41) is 19.2. The number of esters is 1. The Bertz CT molecular complexity index is 746. The fourth-order valence-corrected chi connectivity index (χ4v) is 4.19. The van der Waals surface area contributed by atoms with E-state index in [0.29, 0.717) is 16.3 Å². The van der Waals surface area contributed by atoms with Gasteiger partial charge in [0.1, 0.15) is 6.61 Å². The molecule has 2 N–H and O–H groups in total. The molecule has 1 fully saturated rings. The number of ether oxygens (including phenoxy) is 1. The average molecular weight is 352 g/mol. The molecule has 3 atom stereocenters. The number of hydrogen-bond acceptors (Lipinski definition) is 5. The van der Waals surface area contributed by atoms with E-state index in [4.69, 9.17) is 21.4 Å². The van der Waals surface area contributed by atoms with Gasteiger partial charge in [0.2, 0.25) is 0 Å². The first-order chi connectivity index (χ1) is 11.4. The van der Waals surface area contributed by atoms with Crippen molar-refractivity contribution in [2.45, 2.75) is 31.3 Å². The van der Waals surface area contributed by atoms with Crippen LogP contribution in [0.4, 0.5) is 0 Å². The van der Waals surface area contributed by atoms with Crippen LogP contribution in [0.25, 0.3) is 0 Å². The van der Waals surface area contributed by atoms with E-state index >= 15 is 0 Å². The van der Waals surface area contributed by atoms with Gasteiger partial charge in [-0.15, -0.1) is 0 Å². The lowest BCUT2D eigenvalue weighted by Crippen LogP contribution is -2.36. The summed E-state index contributed by atoms with van der Waals surface area (Å²) in [7, 11) is 0. The molecule has 2 heterocycles. The number of benzene rings is 1. The fourth-order valence-electron chi connectivity index (χ4n) is 3.94. The molecule has 0 aromatic heterocycles. The van der Waals surface area contributed by atoms with E-state index in [1.165, 1.54) is 0 Å². The van der Waals surface area contributed by atoms with E-state index in [-0.39, 0.29) is 24.8 Å². The van der Waals surface area contributed by atoms with Gasteiger partial charge in [-0.25, -0.2) is 9.59 Å². The third kappa shape index (κ3) is 2.06. The van der Waals surface area contributed by atoms with Gasteiger partial charge in [-0.05, 0) is 25.5 Å². The van der Waals surface area contributed by atoms with Crippen molar-refractivity contribution in [1.29, 1.82) is 0 Å². The number of carbonyl (C=O) groups is 2. The Hall–Kier alpha value is -2.05. The molecule has 128 valence electrons. The van der Waals surface area contributed by atoms with E-state index in [0.717, 1.165) is 0 Å². The second kappa shape index (κ2) is 5.79. The van der Waals surface area contributed by atoms with Crippen LogP contribution >= 0.6 is 11.6 Å². The van der Waals surface area contributed by atoms with Crippen molar-refractivity contribution in [3.8, 4) is 0 Å². The maximum atomic E-state index is 12.5. The number of carboxylic acids is 1. The number of aliphatic hydroxyl groups is 1. The van der Waals surface area contributed by atoms with E-state index in [9.17, 15) is 14.7 Å². The molecule has 2 aliphatic rings. The zero-order chi connectivity index (χ0) is 17.6. The van der Waals surface area contributed by atoms with Crippen LogP contribution in [-0.4, -0.2) is 51.8 Å². The molecular formula is C17H18ClNO5. The van der Waals surface area contributed by atoms with Crippen LogP contribution in [0.3, 0.4) is 0 Å². The summed E-state index contributed by atoms with van der Waals surface area (Å²) in [6.07, 6.45) is 0. The quantitative estimate of drug-likeness (QED) is 0.621. The van der Waals surface area contributed by atoms with Crippen molar-refractivity contribution < 1.29 is 24.5 Å². The summed E-state index contributed by atoms with van der Waals surface area (Å²) >= 11 is 6.30. The molecule has 2 aliphatic heterocycles. The van der Waals surface area contributed by atoms with E-state index in [2.05, 4.69) is 0 Å². The highest BCUT2D eigenvalue weighted by Crippen LogP contribution is 2.63. The van der Waals surface area contributed by atoms with Gasteiger partial charge in [0.15, 0.2) is 5.54 Å². The van der Waals surface area contributed by atoms with Crippen LogP contribution in [0, 0.1) is 0 Å². The van der Waals surface area contributed by atoms with E-state index in [1.54, 1.807) is 36.1 Å². The number of allylic oxidation sites excluding steroid dienone is 1. The molecule has 0 radical (unpaired) electrons.